The second-order valence-corrected chi connectivity index (χ2v) is 7.58. The molecular weight excluding hydrogens is 363 g/mol. The van der Waals surface area contributed by atoms with E-state index in [-0.39, 0.29) is 11.2 Å². The van der Waals surface area contributed by atoms with E-state index in [9.17, 15) is 4.79 Å². The van der Waals surface area contributed by atoms with Crippen LogP contribution in [0.1, 0.15) is 18.1 Å². The summed E-state index contributed by atoms with van der Waals surface area (Å²) in [5.74, 6) is -0.0416. The highest BCUT2D eigenvalue weighted by molar-refractivity contribution is 8.15. The van der Waals surface area contributed by atoms with Crippen LogP contribution in [0, 0.1) is 0 Å². The third-order valence-electron chi connectivity index (χ3n) is 3.70. The maximum Gasteiger partial charge on any atom is 0.239 e. The number of aliphatic imine (C=N–C) groups is 1. The van der Waals surface area contributed by atoms with Crippen LogP contribution < -0.4 is 5.32 Å². The SMILES string of the molecule is CCc1ccc(N=C2NC(=O)C(Cc3cc(Cl)cc(Cl)c3)S2)cc1. The molecule has 0 radical (unpaired) electrons. The minimum Gasteiger partial charge on any atom is -0.304 e. The summed E-state index contributed by atoms with van der Waals surface area (Å²) in [6.07, 6.45) is 1.55. The first-order chi connectivity index (χ1) is 11.5. The van der Waals surface area contributed by atoms with E-state index in [2.05, 4.69) is 17.2 Å². The van der Waals surface area contributed by atoms with Gasteiger partial charge in [-0.3, -0.25) is 4.79 Å². The number of halogens is 2. The summed E-state index contributed by atoms with van der Waals surface area (Å²) in [4.78, 5) is 16.7. The number of nitrogens with one attached hydrogen (secondary N) is 1. The number of benzene rings is 2. The molecule has 1 heterocycles. The molecule has 3 rings (SSSR count). The quantitative estimate of drug-likeness (QED) is 0.811. The summed E-state index contributed by atoms with van der Waals surface area (Å²) in [7, 11) is 0. The Morgan fingerprint density at radius 3 is 2.38 bits per heavy atom. The predicted molar refractivity (Wildman–Crippen MR) is 103 cm³/mol. The second-order valence-electron chi connectivity index (χ2n) is 5.51. The lowest BCUT2D eigenvalue weighted by Gasteiger charge is -2.06. The molecule has 0 saturated carbocycles. The third-order valence-corrected chi connectivity index (χ3v) is 5.21. The van der Waals surface area contributed by atoms with Crippen LogP contribution in [0.25, 0.3) is 0 Å². The molecule has 2 aromatic rings. The minimum absolute atomic E-state index is 0.0416. The van der Waals surface area contributed by atoms with Crippen molar-refractivity contribution in [3.63, 3.8) is 0 Å². The second kappa shape index (κ2) is 7.60. The summed E-state index contributed by atoms with van der Waals surface area (Å²) in [5.41, 5.74) is 3.04. The number of amidine groups is 1. The normalized spacial score (nSPS) is 18.9. The zero-order valence-electron chi connectivity index (χ0n) is 13.1. The number of carbonyl (C=O) groups excluding carboxylic acids is 1. The summed E-state index contributed by atoms with van der Waals surface area (Å²) < 4.78 is 0. The number of nitrogens with zero attached hydrogens (tertiary/aromatic N) is 1. The molecule has 2 aromatic carbocycles. The fourth-order valence-electron chi connectivity index (χ4n) is 2.46. The lowest BCUT2D eigenvalue weighted by Crippen LogP contribution is -2.25. The largest absolute Gasteiger partial charge is 0.304 e. The van der Waals surface area contributed by atoms with E-state index in [1.807, 2.05) is 36.4 Å². The Labute approximate surface area is 155 Å². The third kappa shape index (κ3) is 4.32. The molecule has 124 valence electrons. The van der Waals surface area contributed by atoms with E-state index in [0.717, 1.165) is 17.7 Å². The molecule has 1 fully saturated rings. The van der Waals surface area contributed by atoms with Gasteiger partial charge in [0.25, 0.3) is 0 Å². The van der Waals surface area contributed by atoms with Gasteiger partial charge in [0.2, 0.25) is 5.91 Å². The first kappa shape index (κ1) is 17.3. The van der Waals surface area contributed by atoms with Gasteiger partial charge >= 0.3 is 0 Å². The van der Waals surface area contributed by atoms with E-state index in [1.165, 1.54) is 17.3 Å². The van der Waals surface area contributed by atoms with Gasteiger partial charge in [0.05, 0.1) is 10.9 Å². The molecule has 3 nitrogen and oxygen atoms in total. The van der Waals surface area contributed by atoms with E-state index < -0.39 is 0 Å². The fraction of sp³-hybridized carbons (Fsp3) is 0.222. The molecule has 0 spiro atoms. The van der Waals surface area contributed by atoms with Gasteiger partial charge in [0, 0.05) is 10.0 Å². The van der Waals surface area contributed by atoms with E-state index >= 15 is 0 Å². The fourth-order valence-corrected chi connectivity index (χ4v) is 4.06. The zero-order chi connectivity index (χ0) is 17.1. The standard InChI is InChI=1S/C18H16Cl2N2OS/c1-2-11-3-5-15(6-4-11)21-18-22-17(23)16(24-18)9-12-7-13(19)10-14(20)8-12/h3-8,10,16H,2,9H2,1H3,(H,21,22,23). The van der Waals surface area contributed by atoms with Gasteiger partial charge in [-0.15, -0.1) is 0 Å². The van der Waals surface area contributed by atoms with Gasteiger partial charge in [-0.2, -0.15) is 0 Å². The molecule has 1 aliphatic heterocycles. The average molecular weight is 379 g/mol. The Hall–Kier alpha value is -1.49. The molecule has 1 amide bonds. The van der Waals surface area contributed by atoms with Crippen molar-refractivity contribution >= 4 is 51.7 Å². The van der Waals surface area contributed by atoms with Crippen molar-refractivity contribution in [1.29, 1.82) is 0 Å². The maximum absolute atomic E-state index is 12.2. The Kier molecular flexibility index (Phi) is 5.49. The molecular formula is C18H16Cl2N2OS. The van der Waals surface area contributed by atoms with E-state index in [4.69, 9.17) is 23.2 Å². The molecule has 0 bridgehead atoms. The van der Waals surface area contributed by atoms with Gasteiger partial charge in [-0.05, 0) is 54.3 Å². The molecule has 1 N–H and O–H groups in total. The van der Waals surface area contributed by atoms with Crippen molar-refractivity contribution in [3.05, 3.63) is 63.6 Å². The highest BCUT2D eigenvalue weighted by Gasteiger charge is 2.30. The molecule has 24 heavy (non-hydrogen) atoms. The van der Waals surface area contributed by atoms with Crippen molar-refractivity contribution in [2.45, 2.75) is 25.0 Å². The van der Waals surface area contributed by atoms with Crippen LogP contribution in [0.2, 0.25) is 10.0 Å². The Morgan fingerprint density at radius 1 is 1.08 bits per heavy atom. The monoisotopic (exact) mass is 378 g/mol. The van der Waals surface area contributed by atoms with Gasteiger partial charge in [-0.1, -0.05) is 54.0 Å². The van der Waals surface area contributed by atoms with Gasteiger partial charge in [0.15, 0.2) is 5.17 Å². The number of aryl methyl sites for hydroxylation is 1. The Balaban J connectivity index is 1.71. The van der Waals surface area contributed by atoms with Crippen LogP contribution in [-0.2, 0) is 17.6 Å². The van der Waals surface area contributed by atoms with Gasteiger partial charge in [-0.25, -0.2) is 4.99 Å². The summed E-state index contributed by atoms with van der Waals surface area (Å²) in [6.45, 7) is 2.11. The topological polar surface area (TPSA) is 41.5 Å². The van der Waals surface area contributed by atoms with Crippen molar-refractivity contribution in [1.82, 2.24) is 5.32 Å². The van der Waals surface area contributed by atoms with Crippen LogP contribution in [0.5, 0.6) is 0 Å². The molecule has 1 aliphatic rings. The number of amides is 1. The van der Waals surface area contributed by atoms with Crippen molar-refractivity contribution < 1.29 is 4.79 Å². The molecule has 0 aromatic heterocycles. The number of carbonyl (C=O) groups is 1. The van der Waals surface area contributed by atoms with Crippen molar-refractivity contribution in [2.75, 3.05) is 0 Å². The van der Waals surface area contributed by atoms with E-state index in [0.29, 0.717) is 21.6 Å². The van der Waals surface area contributed by atoms with Crippen LogP contribution in [0.3, 0.4) is 0 Å². The lowest BCUT2D eigenvalue weighted by molar-refractivity contribution is -0.118. The number of thioether (sulfide) groups is 1. The zero-order valence-corrected chi connectivity index (χ0v) is 15.4. The number of hydrogen-bond donors (Lipinski definition) is 1. The van der Waals surface area contributed by atoms with Crippen LogP contribution in [0.4, 0.5) is 5.69 Å². The Bertz CT molecular complexity index is 770. The average Bonchev–Trinajstić information content (AvgIpc) is 2.86. The summed E-state index contributed by atoms with van der Waals surface area (Å²) in [5, 5.41) is 4.39. The van der Waals surface area contributed by atoms with Crippen LogP contribution in [-0.4, -0.2) is 16.3 Å². The maximum atomic E-state index is 12.2. The number of rotatable bonds is 4. The van der Waals surface area contributed by atoms with Crippen LogP contribution >= 0.6 is 35.0 Å². The molecule has 0 aliphatic carbocycles. The highest BCUT2D eigenvalue weighted by Crippen LogP contribution is 2.28. The smallest absolute Gasteiger partial charge is 0.239 e. The van der Waals surface area contributed by atoms with Gasteiger partial charge < -0.3 is 5.32 Å². The van der Waals surface area contributed by atoms with Gasteiger partial charge in [0.1, 0.15) is 0 Å². The molecule has 1 atom stereocenters. The predicted octanol–water partition coefficient (Wildman–Crippen LogP) is 5.02. The summed E-state index contributed by atoms with van der Waals surface area (Å²) >= 11 is 13.5. The summed E-state index contributed by atoms with van der Waals surface area (Å²) in [6, 6.07) is 13.4. The molecule has 6 heteroatoms. The minimum atomic E-state index is -0.229. The first-order valence-corrected chi connectivity index (χ1v) is 9.27. The molecule has 1 unspecified atom stereocenters. The number of hydrogen-bond acceptors (Lipinski definition) is 3. The lowest BCUT2D eigenvalue weighted by atomic mass is 10.1. The first-order valence-electron chi connectivity index (χ1n) is 7.63. The Morgan fingerprint density at radius 2 is 1.75 bits per heavy atom. The highest BCUT2D eigenvalue weighted by atomic mass is 35.5. The van der Waals surface area contributed by atoms with Crippen LogP contribution in [0.15, 0.2) is 47.5 Å². The van der Waals surface area contributed by atoms with Crippen molar-refractivity contribution in [2.24, 2.45) is 4.99 Å². The van der Waals surface area contributed by atoms with Crippen molar-refractivity contribution in [3.8, 4) is 0 Å². The molecule has 1 saturated heterocycles. The van der Waals surface area contributed by atoms with E-state index in [1.54, 1.807) is 6.07 Å².